The molecule has 0 saturated carbocycles. The quantitative estimate of drug-likeness (QED) is 0.148. The second-order valence-electron chi connectivity index (χ2n) is 16.8. The van der Waals surface area contributed by atoms with E-state index in [1.54, 1.807) is 0 Å². The van der Waals surface area contributed by atoms with Gasteiger partial charge in [0, 0.05) is 32.8 Å². The van der Waals surface area contributed by atoms with Gasteiger partial charge in [0.1, 0.15) is 0 Å². The number of rotatable bonds is 6. The molecular weight excluding hydrogens is 773 g/mol. The molecule has 0 saturated heterocycles. The Morgan fingerprint density at radius 3 is 1.14 bits per heavy atom. The van der Waals surface area contributed by atoms with Crippen molar-refractivity contribution in [2.24, 2.45) is 0 Å². The van der Waals surface area contributed by atoms with Crippen LogP contribution < -0.4 is 0 Å². The number of aromatic nitrogens is 2. The molecule has 0 N–H and O–H groups in total. The molecule has 0 unspecified atom stereocenters. The first-order chi connectivity index (χ1) is 31.8. The summed E-state index contributed by atoms with van der Waals surface area (Å²) in [7, 11) is 0. The van der Waals surface area contributed by atoms with Crippen molar-refractivity contribution in [1.82, 2.24) is 9.13 Å². The molecule has 0 spiro atoms. The predicted molar refractivity (Wildman–Crippen MR) is 272 cm³/mol. The van der Waals surface area contributed by atoms with Gasteiger partial charge in [-0.25, -0.2) is 0 Å². The molecule has 0 aliphatic heterocycles. The van der Waals surface area contributed by atoms with Gasteiger partial charge in [-0.15, -0.1) is 0 Å². The summed E-state index contributed by atoms with van der Waals surface area (Å²) in [6.07, 6.45) is 0. The van der Waals surface area contributed by atoms with Crippen molar-refractivity contribution >= 4 is 65.2 Å². The molecule has 0 amide bonds. The zero-order chi connectivity index (χ0) is 42.1. The lowest BCUT2D eigenvalue weighted by Gasteiger charge is -2.18. The molecule has 0 fully saturated rings. The second-order valence-corrected chi connectivity index (χ2v) is 16.8. The van der Waals surface area contributed by atoms with Crippen molar-refractivity contribution in [3.8, 4) is 55.9 Å². The van der Waals surface area contributed by atoms with Crippen LogP contribution in [0.2, 0.25) is 0 Å². The van der Waals surface area contributed by atoms with Crippen LogP contribution in [0, 0.1) is 0 Å². The first kappa shape index (κ1) is 36.2. The van der Waals surface area contributed by atoms with Gasteiger partial charge in [0.25, 0.3) is 0 Å². The Kier molecular flexibility index (Phi) is 8.25. The average Bonchev–Trinajstić information content (AvgIpc) is 3.88. The Morgan fingerprint density at radius 2 is 0.594 bits per heavy atom. The normalized spacial score (nSPS) is 11.8. The van der Waals surface area contributed by atoms with Crippen molar-refractivity contribution in [1.29, 1.82) is 0 Å². The standard InChI is InChI=1S/C62H40N2/c1-3-17-41(18-4-1)47-21-11-14-28-56(47)64-58-30-16-13-23-49(58)55-40-45(34-38-60(55)64)44-33-37-59-54(39-44)48-22-12-15-29-57(48)63(59)46-35-31-43(32-36-46)62-52-26-9-7-24-50(52)61(42-19-5-2-6-20-42)51-25-8-10-27-53(51)62/h1-40H. The Bertz CT molecular complexity index is 3870. The molecule has 0 bridgehead atoms. The van der Waals surface area contributed by atoms with Gasteiger partial charge in [0.15, 0.2) is 0 Å². The fraction of sp³-hybridized carbons (Fsp3) is 0. The van der Waals surface area contributed by atoms with Crippen molar-refractivity contribution in [3.63, 3.8) is 0 Å². The minimum absolute atomic E-state index is 1.14. The van der Waals surface area contributed by atoms with Gasteiger partial charge in [-0.1, -0.05) is 188 Å². The van der Waals surface area contributed by atoms with E-state index in [1.807, 2.05) is 0 Å². The zero-order valence-corrected chi connectivity index (χ0v) is 35.0. The Labute approximate surface area is 371 Å². The summed E-state index contributed by atoms with van der Waals surface area (Å²) < 4.78 is 4.86. The SMILES string of the molecule is c1ccc(-c2ccccc2-n2c3ccccc3c3cc(-c4ccc5c(c4)c4ccccc4n5-c4ccc(-c5c6ccccc6c(-c6ccccc6)c6ccccc56)cc4)ccc32)cc1. The number of fused-ring (bicyclic) bond motifs is 8. The van der Waals surface area contributed by atoms with Gasteiger partial charge >= 0.3 is 0 Å². The monoisotopic (exact) mass is 812 g/mol. The van der Waals surface area contributed by atoms with Crippen molar-refractivity contribution in [2.45, 2.75) is 0 Å². The fourth-order valence-electron chi connectivity index (χ4n) is 10.5. The van der Waals surface area contributed by atoms with Gasteiger partial charge in [-0.05, 0) is 115 Å². The second kappa shape index (κ2) is 14.6. The van der Waals surface area contributed by atoms with E-state index in [1.165, 1.54) is 115 Å². The number of nitrogens with zero attached hydrogens (tertiary/aromatic N) is 2. The summed E-state index contributed by atoms with van der Waals surface area (Å²) in [5.74, 6) is 0. The lowest BCUT2D eigenvalue weighted by Crippen LogP contribution is -1.97. The van der Waals surface area contributed by atoms with Crippen molar-refractivity contribution < 1.29 is 0 Å². The van der Waals surface area contributed by atoms with Crippen LogP contribution in [0.15, 0.2) is 243 Å². The number of hydrogen-bond donors (Lipinski definition) is 0. The maximum absolute atomic E-state index is 2.43. The van der Waals surface area contributed by atoms with Gasteiger partial charge < -0.3 is 9.13 Å². The van der Waals surface area contributed by atoms with Gasteiger partial charge in [0.2, 0.25) is 0 Å². The highest BCUT2D eigenvalue weighted by Crippen LogP contribution is 2.45. The summed E-state index contributed by atoms with van der Waals surface area (Å²) in [4.78, 5) is 0. The zero-order valence-electron chi connectivity index (χ0n) is 35.0. The van der Waals surface area contributed by atoms with Crippen LogP contribution in [0.3, 0.4) is 0 Å². The summed E-state index contributed by atoms with van der Waals surface area (Å²) in [5.41, 5.74) is 16.9. The number of para-hydroxylation sites is 3. The van der Waals surface area contributed by atoms with Gasteiger partial charge in [0.05, 0.1) is 27.8 Å². The molecule has 13 aromatic rings. The van der Waals surface area contributed by atoms with E-state index < -0.39 is 0 Å². The minimum Gasteiger partial charge on any atom is -0.309 e. The van der Waals surface area contributed by atoms with Crippen LogP contribution in [0.1, 0.15) is 0 Å². The first-order valence-electron chi connectivity index (χ1n) is 22.1. The van der Waals surface area contributed by atoms with Crippen molar-refractivity contribution in [3.05, 3.63) is 243 Å². The third kappa shape index (κ3) is 5.59. The lowest BCUT2D eigenvalue weighted by molar-refractivity contribution is 1.18. The van der Waals surface area contributed by atoms with E-state index in [0.29, 0.717) is 0 Å². The lowest BCUT2D eigenvalue weighted by atomic mass is 9.86. The Balaban J connectivity index is 0.932. The molecular formula is C62H40N2. The summed E-state index contributed by atoms with van der Waals surface area (Å²) in [6, 6.07) is 88.9. The molecule has 64 heavy (non-hydrogen) atoms. The van der Waals surface area contributed by atoms with Crippen LogP contribution in [-0.2, 0) is 0 Å². The van der Waals surface area contributed by atoms with Crippen LogP contribution in [0.25, 0.3) is 121 Å². The maximum Gasteiger partial charge on any atom is 0.0541 e. The highest BCUT2D eigenvalue weighted by molar-refractivity contribution is 6.21. The summed E-state index contributed by atoms with van der Waals surface area (Å²) in [5, 5.41) is 10.0. The molecule has 2 heteroatoms. The highest BCUT2D eigenvalue weighted by atomic mass is 15.0. The van der Waals surface area contributed by atoms with Crippen LogP contribution in [0.5, 0.6) is 0 Å². The Morgan fingerprint density at radius 1 is 0.219 bits per heavy atom. The third-order valence-electron chi connectivity index (χ3n) is 13.3. The topological polar surface area (TPSA) is 9.86 Å². The van der Waals surface area contributed by atoms with E-state index >= 15 is 0 Å². The van der Waals surface area contributed by atoms with Gasteiger partial charge in [-0.2, -0.15) is 0 Å². The van der Waals surface area contributed by atoms with E-state index in [2.05, 4.69) is 252 Å². The largest absolute Gasteiger partial charge is 0.309 e. The minimum atomic E-state index is 1.14. The highest BCUT2D eigenvalue weighted by Gasteiger charge is 2.20. The van der Waals surface area contributed by atoms with E-state index in [-0.39, 0.29) is 0 Å². The molecule has 0 atom stereocenters. The fourth-order valence-corrected chi connectivity index (χ4v) is 10.5. The third-order valence-corrected chi connectivity index (χ3v) is 13.3. The molecule has 2 aromatic heterocycles. The predicted octanol–water partition coefficient (Wildman–Crippen LogP) is 16.9. The molecule has 0 aliphatic rings. The van der Waals surface area contributed by atoms with Crippen LogP contribution in [-0.4, -0.2) is 9.13 Å². The molecule has 298 valence electrons. The number of hydrogen-bond acceptors (Lipinski definition) is 0. The molecule has 0 aliphatic carbocycles. The molecule has 13 rings (SSSR count). The summed E-state index contributed by atoms with van der Waals surface area (Å²) >= 11 is 0. The smallest absolute Gasteiger partial charge is 0.0541 e. The summed E-state index contributed by atoms with van der Waals surface area (Å²) in [6.45, 7) is 0. The van der Waals surface area contributed by atoms with Crippen LogP contribution in [0.4, 0.5) is 0 Å². The van der Waals surface area contributed by atoms with E-state index in [0.717, 1.165) is 5.69 Å². The molecule has 0 radical (unpaired) electrons. The molecule has 11 aromatic carbocycles. The van der Waals surface area contributed by atoms with Gasteiger partial charge in [-0.3, -0.25) is 0 Å². The molecule has 2 heterocycles. The van der Waals surface area contributed by atoms with E-state index in [4.69, 9.17) is 0 Å². The maximum atomic E-state index is 2.43. The average molecular weight is 813 g/mol. The van der Waals surface area contributed by atoms with Crippen LogP contribution >= 0.6 is 0 Å². The Hall–Kier alpha value is -8.46. The van der Waals surface area contributed by atoms with Crippen molar-refractivity contribution in [2.75, 3.05) is 0 Å². The number of benzene rings is 11. The van der Waals surface area contributed by atoms with E-state index in [9.17, 15) is 0 Å². The molecule has 2 nitrogen and oxygen atoms in total. The first-order valence-corrected chi connectivity index (χ1v) is 22.1.